The molecule has 1 aliphatic rings. The van der Waals surface area contributed by atoms with E-state index < -0.39 is 0 Å². The van der Waals surface area contributed by atoms with Crippen LogP contribution < -0.4 is 20.1 Å². The summed E-state index contributed by atoms with van der Waals surface area (Å²) in [5.41, 5.74) is 10.6. The first-order valence-electron chi connectivity index (χ1n) is 8.33. The summed E-state index contributed by atoms with van der Waals surface area (Å²) in [6.07, 6.45) is 1.02. The zero-order chi connectivity index (χ0) is 17.4. The van der Waals surface area contributed by atoms with Crippen LogP contribution in [-0.2, 0) is 13.0 Å². The highest BCUT2D eigenvalue weighted by Crippen LogP contribution is 2.36. The maximum atomic E-state index is 6.31. The molecule has 2 N–H and O–H groups in total. The monoisotopic (exact) mass is 335 g/mol. The Balaban J connectivity index is 1.76. The van der Waals surface area contributed by atoms with Crippen LogP contribution in [0.1, 0.15) is 11.1 Å². The van der Waals surface area contributed by atoms with Crippen molar-refractivity contribution in [2.75, 3.05) is 31.4 Å². The molecule has 0 saturated carbocycles. The molecule has 0 aliphatic carbocycles. The van der Waals surface area contributed by atoms with Gasteiger partial charge in [-0.15, -0.1) is 0 Å². The molecule has 2 heterocycles. The zero-order valence-electron chi connectivity index (χ0n) is 14.5. The normalized spacial score (nSPS) is 13.6. The van der Waals surface area contributed by atoms with E-state index in [1.54, 1.807) is 14.2 Å². The summed E-state index contributed by atoms with van der Waals surface area (Å²) in [5, 5.41) is 0.874. The van der Waals surface area contributed by atoms with Crippen LogP contribution in [0.25, 0.3) is 10.9 Å². The molecule has 0 fully saturated rings. The quantitative estimate of drug-likeness (QED) is 0.795. The van der Waals surface area contributed by atoms with E-state index in [0.717, 1.165) is 36.2 Å². The van der Waals surface area contributed by atoms with E-state index in [1.807, 2.05) is 18.2 Å². The molecule has 128 valence electrons. The average Bonchev–Trinajstić information content (AvgIpc) is 2.66. The SMILES string of the molecule is COc1cc2nc(N3CCc4ccccc4C3)cc(N)c2cc1OC. The molecule has 1 aromatic heterocycles. The van der Waals surface area contributed by atoms with Crippen LogP contribution in [-0.4, -0.2) is 25.7 Å². The van der Waals surface area contributed by atoms with Crippen molar-refractivity contribution in [3.63, 3.8) is 0 Å². The molecule has 0 bridgehead atoms. The Kier molecular flexibility index (Phi) is 3.84. The van der Waals surface area contributed by atoms with Crippen molar-refractivity contribution in [1.82, 2.24) is 4.98 Å². The van der Waals surface area contributed by atoms with Crippen molar-refractivity contribution in [3.8, 4) is 11.5 Å². The topological polar surface area (TPSA) is 60.6 Å². The molecule has 3 aromatic rings. The predicted molar refractivity (Wildman–Crippen MR) is 100 cm³/mol. The molecule has 0 saturated heterocycles. The third-order valence-corrected chi connectivity index (χ3v) is 4.79. The molecular weight excluding hydrogens is 314 g/mol. The Morgan fingerprint density at radius 1 is 1.00 bits per heavy atom. The van der Waals surface area contributed by atoms with Crippen molar-refractivity contribution >= 4 is 22.4 Å². The number of rotatable bonds is 3. The Hall–Kier alpha value is -2.95. The van der Waals surface area contributed by atoms with Gasteiger partial charge in [0.1, 0.15) is 5.82 Å². The fraction of sp³-hybridized carbons (Fsp3) is 0.250. The summed E-state index contributed by atoms with van der Waals surface area (Å²) in [6.45, 7) is 1.78. The number of fused-ring (bicyclic) bond motifs is 2. The number of anilines is 2. The van der Waals surface area contributed by atoms with Crippen LogP contribution in [0.3, 0.4) is 0 Å². The van der Waals surface area contributed by atoms with Crippen molar-refractivity contribution in [2.45, 2.75) is 13.0 Å². The van der Waals surface area contributed by atoms with Gasteiger partial charge in [-0.25, -0.2) is 4.98 Å². The molecule has 1 aliphatic heterocycles. The number of hydrogen-bond donors (Lipinski definition) is 1. The van der Waals surface area contributed by atoms with E-state index in [2.05, 4.69) is 29.2 Å². The van der Waals surface area contributed by atoms with Gasteiger partial charge >= 0.3 is 0 Å². The molecule has 5 nitrogen and oxygen atoms in total. The number of benzene rings is 2. The Morgan fingerprint density at radius 3 is 2.48 bits per heavy atom. The lowest BCUT2D eigenvalue weighted by Crippen LogP contribution is -2.31. The molecule has 5 heteroatoms. The van der Waals surface area contributed by atoms with Gasteiger partial charge in [0, 0.05) is 36.3 Å². The maximum Gasteiger partial charge on any atom is 0.162 e. The van der Waals surface area contributed by atoms with Crippen LogP contribution in [0.5, 0.6) is 11.5 Å². The van der Waals surface area contributed by atoms with Crippen LogP contribution in [0.2, 0.25) is 0 Å². The van der Waals surface area contributed by atoms with Crippen LogP contribution in [0.15, 0.2) is 42.5 Å². The van der Waals surface area contributed by atoms with Gasteiger partial charge in [0.2, 0.25) is 0 Å². The second-order valence-electron chi connectivity index (χ2n) is 6.23. The highest BCUT2D eigenvalue weighted by molar-refractivity contribution is 5.94. The summed E-state index contributed by atoms with van der Waals surface area (Å²) in [5.74, 6) is 2.21. The summed E-state index contributed by atoms with van der Waals surface area (Å²) < 4.78 is 10.8. The summed E-state index contributed by atoms with van der Waals surface area (Å²) in [6, 6.07) is 14.3. The lowest BCUT2D eigenvalue weighted by atomic mass is 10.00. The molecule has 0 radical (unpaired) electrons. The van der Waals surface area contributed by atoms with E-state index in [0.29, 0.717) is 17.2 Å². The fourth-order valence-corrected chi connectivity index (χ4v) is 3.42. The van der Waals surface area contributed by atoms with E-state index >= 15 is 0 Å². The summed E-state index contributed by atoms with van der Waals surface area (Å²) in [4.78, 5) is 7.10. The number of nitrogens with zero attached hydrogens (tertiary/aromatic N) is 2. The van der Waals surface area contributed by atoms with Gasteiger partial charge in [0.15, 0.2) is 11.5 Å². The van der Waals surface area contributed by atoms with Gasteiger partial charge in [-0.2, -0.15) is 0 Å². The highest BCUT2D eigenvalue weighted by atomic mass is 16.5. The lowest BCUT2D eigenvalue weighted by molar-refractivity contribution is 0.356. The van der Waals surface area contributed by atoms with Gasteiger partial charge in [0.05, 0.1) is 19.7 Å². The Bertz CT molecular complexity index is 940. The number of pyridine rings is 1. The summed E-state index contributed by atoms with van der Waals surface area (Å²) in [7, 11) is 3.24. The number of nitrogens with two attached hydrogens (primary N) is 1. The first kappa shape index (κ1) is 15.6. The largest absolute Gasteiger partial charge is 0.493 e. The van der Waals surface area contributed by atoms with Gasteiger partial charge in [-0.1, -0.05) is 24.3 Å². The first-order valence-corrected chi connectivity index (χ1v) is 8.33. The van der Waals surface area contributed by atoms with E-state index in [9.17, 15) is 0 Å². The fourth-order valence-electron chi connectivity index (χ4n) is 3.42. The minimum absolute atomic E-state index is 0.656. The van der Waals surface area contributed by atoms with E-state index in [4.69, 9.17) is 20.2 Å². The van der Waals surface area contributed by atoms with Crippen molar-refractivity contribution in [3.05, 3.63) is 53.6 Å². The van der Waals surface area contributed by atoms with Crippen LogP contribution in [0, 0.1) is 0 Å². The minimum Gasteiger partial charge on any atom is -0.493 e. The molecule has 25 heavy (non-hydrogen) atoms. The minimum atomic E-state index is 0.656. The molecule has 2 aromatic carbocycles. The second kappa shape index (κ2) is 6.16. The van der Waals surface area contributed by atoms with Crippen molar-refractivity contribution in [2.24, 2.45) is 0 Å². The van der Waals surface area contributed by atoms with Gasteiger partial charge < -0.3 is 20.1 Å². The van der Waals surface area contributed by atoms with Crippen LogP contribution in [0.4, 0.5) is 11.5 Å². The molecule has 0 atom stereocenters. The average molecular weight is 335 g/mol. The van der Waals surface area contributed by atoms with Crippen LogP contribution >= 0.6 is 0 Å². The number of nitrogen functional groups attached to an aromatic ring is 1. The first-order chi connectivity index (χ1) is 12.2. The zero-order valence-corrected chi connectivity index (χ0v) is 14.5. The smallest absolute Gasteiger partial charge is 0.162 e. The van der Waals surface area contributed by atoms with Crippen molar-refractivity contribution < 1.29 is 9.47 Å². The lowest BCUT2D eigenvalue weighted by Gasteiger charge is -2.30. The maximum absolute atomic E-state index is 6.31. The number of aromatic nitrogens is 1. The standard InChI is InChI=1S/C20H21N3O2/c1-24-18-9-15-16(21)10-20(22-17(15)11-19(18)25-2)23-8-7-13-5-3-4-6-14(13)12-23/h3-6,9-11H,7-8,12H2,1-2H3,(H2,21,22). The molecule has 0 unspecified atom stereocenters. The predicted octanol–water partition coefficient (Wildman–Crippen LogP) is 3.40. The number of hydrogen-bond acceptors (Lipinski definition) is 5. The Labute approximate surface area is 147 Å². The van der Waals surface area contributed by atoms with Crippen molar-refractivity contribution in [1.29, 1.82) is 0 Å². The Morgan fingerprint density at radius 2 is 1.72 bits per heavy atom. The second-order valence-corrected chi connectivity index (χ2v) is 6.23. The van der Waals surface area contributed by atoms with E-state index in [-0.39, 0.29) is 0 Å². The van der Waals surface area contributed by atoms with Gasteiger partial charge in [-0.05, 0) is 23.6 Å². The highest BCUT2D eigenvalue weighted by Gasteiger charge is 2.19. The molecule has 0 spiro atoms. The summed E-state index contributed by atoms with van der Waals surface area (Å²) >= 11 is 0. The van der Waals surface area contributed by atoms with Gasteiger partial charge in [-0.3, -0.25) is 0 Å². The third kappa shape index (κ3) is 2.71. The van der Waals surface area contributed by atoms with E-state index in [1.165, 1.54) is 11.1 Å². The number of ether oxygens (including phenoxy) is 2. The third-order valence-electron chi connectivity index (χ3n) is 4.79. The molecular formula is C20H21N3O2. The molecule has 4 rings (SSSR count). The van der Waals surface area contributed by atoms with Gasteiger partial charge in [0.25, 0.3) is 0 Å². The molecule has 0 amide bonds. The number of methoxy groups -OCH3 is 2.